The number of fused-ring (bicyclic) bond motifs is 1. The number of hydrazone groups is 1. The van der Waals surface area contributed by atoms with Crippen molar-refractivity contribution < 1.29 is 9.59 Å². The average Bonchev–Trinajstić information content (AvgIpc) is 2.97. The predicted octanol–water partition coefficient (Wildman–Crippen LogP) is 4.03. The summed E-state index contributed by atoms with van der Waals surface area (Å²) in [4.78, 5) is 25.5. The van der Waals surface area contributed by atoms with E-state index in [2.05, 4.69) is 10.4 Å². The van der Waals surface area contributed by atoms with Crippen LogP contribution in [0.5, 0.6) is 0 Å². The lowest BCUT2D eigenvalue weighted by atomic mass is 9.87. The van der Waals surface area contributed by atoms with Crippen molar-refractivity contribution in [1.29, 1.82) is 0 Å². The number of nitrogens with one attached hydrogen (secondary N) is 1. The van der Waals surface area contributed by atoms with Gasteiger partial charge in [-0.05, 0) is 34.4 Å². The Hall–Kier alpha value is -3.47. The summed E-state index contributed by atoms with van der Waals surface area (Å²) in [7, 11) is 0. The van der Waals surface area contributed by atoms with Crippen molar-refractivity contribution in [2.75, 3.05) is 0 Å². The van der Waals surface area contributed by atoms with E-state index in [0.29, 0.717) is 6.42 Å². The van der Waals surface area contributed by atoms with Gasteiger partial charge in [0, 0.05) is 0 Å². The van der Waals surface area contributed by atoms with Gasteiger partial charge in [0.05, 0.1) is 6.21 Å². The third-order valence-electron chi connectivity index (χ3n) is 4.96. The molecule has 27 heavy (non-hydrogen) atoms. The van der Waals surface area contributed by atoms with Crippen molar-refractivity contribution in [3.8, 4) is 0 Å². The first-order chi connectivity index (χ1) is 13.1. The lowest BCUT2D eigenvalue weighted by molar-refractivity contribution is -0.131. The Kier molecular flexibility index (Phi) is 4.20. The Labute approximate surface area is 157 Å². The molecule has 1 N–H and O–H groups in total. The fraction of sp³-hybridized carbons (Fsp3) is 0.136. The normalized spacial score (nSPS) is 19.8. The van der Waals surface area contributed by atoms with Crippen LogP contribution in [0.3, 0.4) is 0 Å². The molecule has 0 aromatic heterocycles. The summed E-state index contributed by atoms with van der Waals surface area (Å²) in [6.45, 7) is 1.88. The highest BCUT2D eigenvalue weighted by Gasteiger charge is 2.51. The smallest absolute Gasteiger partial charge is 0.318 e. The van der Waals surface area contributed by atoms with Gasteiger partial charge in [0.1, 0.15) is 5.54 Å². The standard InChI is InChI=1S/C22H19N3O2/c1-2-22(19-10-4-3-5-11-19)20(26)25(21(27)24-22)23-15-16-12-13-17-8-6-7-9-18(17)14-16/h3-15H,2H2,1H3,(H,24,27)/b23-15-/t22-/m0/s1. The Morgan fingerprint density at radius 3 is 2.41 bits per heavy atom. The minimum Gasteiger partial charge on any atom is -0.318 e. The molecule has 3 amide bonds. The fourth-order valence-corrected chi connectivity index (χ4v) is 3.44. The number of hydrogen-bond donors (Lipinski definition) is 1. The van der Waals surface area contributed by atoms with Crippen LogP contribution in [0.1, 0.15) is 24.5 Å². The molecule has 3 aromatic rings. The van der Waals surface area contributed by atoms with Crippen LogP contribution in [-0.2, 0) is 10.3 Å². The Morgan fingerprint density at radius 1 is 0.963 bits per heavy atom. The van der Waals surface area contributed by atoms with Gasteiger partial charge in [-0.15, -0.1) is 5.01 Å². The van der Waals surface area contributed by atoms with Crippen LogP contribution in [0.25, 0.3) is 10.8 Å². The van der Waals surface area contributed by atoms with E-state index in [1.807, 2.05) is 79.7 Å². The van der Waals surface area contributed by atoms with Gasteiger partial charge in [-0.25, -0.2) is 4.79 Å². The minimum atomic E-state index is -1.07. The summed E-state index contributed by atoms with van der Waals surface area (Å²) >= 11 is 0. The van der Waals surface area contributed by atoms with Gasteiger partial charge in [0.25, 0.3) is 5.91 Å². The monoisotopic (exact) mass is 357 g/mol. The first-order valence-electron chi connectivity index (χ1n) is 8.89. The zero-order chi connectivity index (χ0) is 18.9. The first-order valence-corrected chi connectivity index (χ1v) is 8.89. The molecule has 3 aromatic carbocycles. The van der Waals surface area contributed by atoms with Crippen molar-refractivity contribution >= 4 is 28.9 Å². The van der Waals surface area contributed by atoms with Gasteiger partial charge < -0.3 is 5.32 Å². The largest absolute Gasteiger partial charge is 0.346 e. The van der Waals surface area contributed by atoms with Crippen molar-refractivity contribution in [1.82, 2.24) is 10.3 Å². The van der Waals surface area contributed by atoms with Crippen molar-refractivity contribution in [2.45, 2.75) is 18.9 Å². The Morgan fingerprint density at radius 2 is 1.67 bits per heavy atom. The van der Waals surface area contributed by atoms with E-state index in [1.165, 1.54) is 0 Å². The molecule has 1 saturated heterocycles. The van der Waals surface area contributed by atoms with Crippen molar-refractivity contribution in [3.63, 3.8) is 0 Å². The van der Waals surface area contributed by atoms with E-state index >= 15 is 0 Å². The molecule has 1 fully saturated rings. The van der Waals surface area contributed by atoms with Crippen molar-refractivity contribution in [3.05, 3.63) is 83.9 Å². The number of carbonyl (C=O) groups is 2. The molecule has 5 nitrogen and oxygen atoms in total. The molecule has 0 bridgehead atoms. The fourth-order valence-electron chi connectivity index (χ4n) is 3.44. The number of imide groups is 1. The average molecular weight is 357 g/mol. The highest BCUT2D eigenvalue weighted by molar-refractivity contribution is 6.08. The van der Waals surface area contributed by atoms with E-state index in [0.717, 1.165) is 26.9 Å². The summed E-state index contributed by atoms with van der Waals surface area (Å²) in [5, 5.41) is 10.1. The minimum absolute atomic E-state index is 0.363. The van der Waals surface area contributed by atoms with Crippen LogP contribution in [0.2, 0.25) is 0 Å². The zero-order valence-corrected chi connectivity index (χ0v) is 14.9. The van der Waals surface area contributed by atoms with Gasteiger partial charge in [0.15, 0.2) is 0 Å². The van der Waals surface area contributed by atoms with Gasteiger partial charge >= 0.3 is 6.03 Å². The number of carbonyl (C=O) groups excluding carboxylic acids is 2. The van der Waals surface area contributed by atoms with Crippen LogP contribution in [-0.4, -0.2) is 23.2 Å². The molecule has 0 aliphatic carbocycles. The molecular weight excluding hydrogens is 338 g/mol. The number of nitrogens with zero attached hydrogens (tertiary/aromatic N) is 2. The van der Waals surface area contributed by atoms with Crippen LogP contribution >= 0.6 is 0 Å². The van der Waals surface area contributed by atoms with E-state index in [4.69, 9.17) is 0 Å². The molecule has 134 valence electrons. The molecule has 1 atom stereocenters. The summed E-state index contributed by atoms with van der Waals surface area (Å²) in [6, 6.07) is 22.6. The third kappa shape index (κ3) is 2.87. The van der Waals surface area contributed by atoms with E-state index in [-0.39, 0.29) is 5.91 Å². The van der Waals surface area contributed by atoms with Crippen LogP contribution in [0.15, 0.2) is 77.9 Å². The second kappa shape index (κ2) is 6.68. The molecule has 0 saturated carbocycles. The number of urea groups is 1. The van der Waals surface area contributed by atoms with E-state index in [1.54, 1.807) is 6.21 Å². The summed E-state index contributed by atoms with van der Waals surface area (Å²) in [5.41, 5.74) is 0.510. The van der Waals surface area contributed by atoms with E-state index < -0.39 is 11.6 Å². The number of hydrogen-bond acceptors (Lipinski definition) is 3. The lowest BCUT2D eigenvalue weighted by Gasteiger charge is -2.24. The maximum Gasteiger partial charge on any atom is 0.346 e. The third-order valence-corrected chi connectivity index (χ3v) is 4.96. The maximum atomic E-state index is 13.0. The van der Waals surface area contributed by atoms with Crippen molar-refractivity contribution in [2.24, 2.45) is 5.10 Å². The second-order valence-corrected chi connectivity index (χ2v) is 6.52. The molecular formula is C22H19N3O2. The lowest BCUT2D eigenvalue weighted by Crippen LogP contribution is -2.43. The molecule has 0 radical (unpaired) electrons. The molecule has 0 spiro atoms. The van der Waals surface area contributed by atoms with Gasteiger partial charge in [-0.2, -0.15) is 5.10 Å². The molecule has 1 aliphatic heterocycles. The molecule has 5 heteroatoms. The highest BCUT2D eigenvalue weighted by Crippen LogP contribution is 2.32. The maximum absolute atomic E-state index is 13.0. The number of amides is 3. The Bertz CT molecular complexity index is 1050. The summed E-state index contributed by atoms with van der Waals surface area (Å²) in [6.07, 6.45) is 1.99. The van der Waals surface area contributed by atoms with Crippen LogP contribution in [0.4, 0.5) is 4.79 Å². The molecule has 1 aliphatic rings. The van der Waals surface area contributed by atoms with Gasteiger partial charge in [-0.1, -0.05) is 73.7 Å². The predicted molar refractivity (Wildman–Crippen MR) is 105 cm³/mol. The molecule has 4 rings (SSSR count). The summed E-state index contributed by atoms with van der Waals surface area (Å²) < 4.78 is 0. The topological polar surface area (TPSA) is 61.8 Å². The summed E-state index contributed by atoms with van der Waals surface area (Å²) in [5.74, 6) is -0.363. The van der Waals surface area contributed by atoms with Crippen LogP contribution < -0.4 is 5.32 Å². The highest BCUT2D eigenvalue weighted by atomic mass is 16.2. The number of benzene rings is 3. The van der Waals surface area contributed by atoms with Gasteiger partial charge in [0.2, 0.25) is 0 Å². The zero-order valence-electron chi connectivity index (χ0n) is 14.9. The Balaban J connectivity index is 1.64. The second-order valence-electron chi connectivity index (χ2n) is 6.52. The molecule has 1 heterocycles. The quantitative estimate of drug-likeness (QED) is 0.566. The molecule has 0 unspecified atom stereocenters. The van der Waals surface area contributed by atoms with Gasteiger partial charge in [-0.3, -0.25) is 4.79 Å². The van der Waals surface area contributed by atoms with E-state index in [9.17, 15) is 9.59 Å². The van der Waals surface area contributed by atoms with Crippen LogP contribution in [0, 0.1) is 0 Å². The first kappa shape index (κ1) is 17.0. The SMILES string of the molecule is CC[C@@]1(c2ccccc2)NC(=O)N(/N=C\c2ccc3ccccc3c2)C1=O. The number of rotatable bonds is 4.